The van der Waals surface area contributed by atoms with E-state index in [2.05, 4.69) is 81.6 Å². The molecule has 288 valence electrons. The van der Waals surface area contributed by atoms with Gasteiger partial charge in [0.1, 0.15) is 0 Å². The fourth-order valence-corrected chi connectivity index (χ4v) is 7.94. The van der Waals surface area contributed by atoms with E-state index in [0.717, 1.165) is 37.5 Å². The maximum Gasteiger partial charge on any atom is 0.335 e. The van der Waals surface area contributed by atoms with Crippen LogP contribution in [0.4, 0.5) is 0 Å². The normalized spacial score (nSPS) is 16.3. The average Bonchev–Trinajstić information content (AvgIpc) is 3.19. The van der Waals surface area contributed by atoms with Crippen molar-refractivity contribution in [2.24, 2.45) is 17.8 Å². The summed E-state index contributed by atoms with van der Waals surface area (Å²) in [4.78, 5) is 24.1. The molecule has 0 heterocycles. The topological polar surface area (TPSA) is 72.8 Å². The van der Waals surface area contributed by atoms with Crippen LogP contribution in [0.1, 0.15) is 127 Å². The molecule has 1 N–H and O–H groups in total. The van der Waals surface area contributed by atoms with E-state index >= 15 is 0 Å². The third kappa shape index (κ3) is 13.6. The average molecular weight is 723 g/mol. The molecule has 1 saturated carbocycles. The van der Waals surface area contributed by atoms with Crippen molar-refractivity contribution in [1.82, 2.24) is 0 Å². The summed E-state index contributed by atoms with van der Waals surface area (Å²) in [7, 11) is 0. The number of carbonyl (C=O) groups excluding carboxylic acids is 2. The third-order valence-corrected chi connectivity index (χ3v) is 11.6. The molecular formula is C48H66O5. The summed E-state index contributed by atoms with van der Waals surface area (Å²) in [6.07, 6.45) is 19.6. The second kappa shape index (κ2) is 22.5. The fourth-order valence-electron chi connectivity index (χ4n) is 7.94. The van der Waals surface area contributed by atoms with Gasteiger partial charge in [0.2, 0.25) is 0 Å². The Labute approximate surface area is 320 Å². The van der Waals surface area contributed by atoms with Crippen molar-refractivity contribution in [3.8, 4) is 11.1 Å². The van der Waals surface area contributed by atoms with Crippen molar-refractivity contribution in [3.63, 3.8) is 0 Å². The van der Waals surface area contributed by atoms with E-state index < -0.39 is 12.6 Å². The van der Waals surface area contributed by atoms with Crippen LogP contribution in [-0.4, -0.2) is 36.9 Å². The Balaban J connectivity index is 1.30. The summed E-state index contributed by atoms with van der Waals surface area (Å²) in [5, 5.41) is 11.6. The molecule has 1 unspecified atom stereocenters. The minimum Gasteiger partial charge on any atom is -0.462 e. The Bertz CT molecular complexity index is 1590. The molecule has 0 amide bonds. The van der Waals surface area contributed by atoms with Crippen LogP contribution in [-0.2, 0) is 38.3 Å². The van der Waals surface area contributed by atoms with Gasteiger partial charge >= 0.3 is 11.9 Å². The first-order valence-corrected chi connectivity index (χ1v) is 20.7. The first kappa shape index (κ1) is 42.0. The van der Waals surface area contributed by atoms with E-state index in [-0.39, 0.29) is 24.1 Å². The molecule has 1 aliphatic carbocycles. The molecule has 3 aromatic carbocycles. The van der Waals surface area contributed by atoms with Crippen LogP contribution in [0.15, 0.2) is 78.9 Å². The van der Waals surface area contributed by atoms with Crippen molar-refractivity contribution in [2.45, 2.75) is 130 Å². The van der Waals surface area contributed by atoms with Crippen molar-refractivity contribution in [2.75, 3.05) is 19.8 Å². The van der Waals surface area contributed by atoms with E-state index in [0.29, 0.717) is 31.4 Å². The Hall–Kier alpha value is -3.70. The zero-order valence-corrected chi connectivity index (χ0v) is 33.1. The molecule has 1 atom stereocenters. The number of aryl methyl sites for hydroxylation is 3. The number of unbranched alkanes of at least 4 members (excludes halogenated alkanes) is 2. The van der Waals surface area contributed by atoms with Crippen molar-refractivity contribution >= 4 is 22.7 Å². The van der Waals surface area contributed by atoms with Crippen LogP contribution in [0.3, 0.4) is 0 Å². The van der Waals surface area contributed by atoms with Crippen molar-refractivity contribution in [1.29, 1.82) is 0 Å². The number of carbonyl (C=O) groups is 2. The van der Waals surface area contributed by atoms with Gasteiger partial charge in [-0.2, -0.15) is 0 Å². The number of hydrogen-bond donors (Lipinski definition) is 1. The highest BCUT2D eigenvalue weighted by molar-refractivity contribution is 5.89. The van der Waals surface area contributed by atoms with Gasteiger partial charge in [-0.25, -0.2) is 9.59 Å². The smallest absolute Gasteiger partial charge is 0.335 e. The SMILES string of the molecule is C=C(CC)C(=O)OCCC(CCCc1ccc2cc(-c3ccc(CCC4CCC(CCCCC)CC4)c(CC)c3)ccc2c1)CCOC(=O)C(=C)CO. The van der Waals surface area contributed by atoms with E-state index in [1.807, 2.05) is 6.92 Å². The van der Waals surface area contributed by atoms with Gasteiger partial charge in [-0.15, -0.1) is 0 Å². The molecule has 5 nitrogen and oxygen atoms in total. The van der Waals surface area contributed by atoms with Gasteiger partial charge in [-0.3, -0.25) is 0 Å². The maximum atomic E-state index is 12.1. The Morgan fingerprint density at radius 3 is 1.98 bits per heavy atom. The molecule has 1 aliphatic rings. The van der Waals surface area contributed by atoms with Gasteiger partial charge in [0.25, 0.3) is 0 Å². The lowest BCUT2D eigenvalue weighted by Crippen LogP contribution is -2.16. The second-order valence-corrected chi connectivity index (χ2v) is 15.5. The summed E-state index contributed by atoms with van der Waals surface area (Å²) < 4.78 is 10.7. The molecule has 1 fully saturated rings. The number of aliphatic hydroxyl groups is 1. The number of benzene rings is 3. The number of rotatable bonds is 23. The lowest BCUT2D eigenvalue weighted by molar-refractivity contribution is -0.139. The Morgan fingerprint density at radius 1 is 0.698 bits per heavy atom. The fraction of sp³-hybridized carbons (Fsp3) is 0.542. The van der Waals surface area contributed by atoms with E-state index in [1.54, 1.807) is 0 Å². The van der Waals surface area contributed by atoms with E-state index in [4.69, 9.17) is 14.6 Å². The van der Waals surface area contributed by atoms with Crippen LogP contribution in [0, 0.1) is 17.8 Å². The minimum absolute atomic E-state index is 0.0477. The van der Waals surface area contributed by atoms with Crippen LogP contribution in [0.25, 0.3) is 21.9 Å². The standard InChI is InChI=1S/C48H66O5/c1-6-9-10-12-37-15-17-39(18-16-37)19-21-42-23-24-45(32-41(42)8-3)46-26-25-43-31-40(20-22-44(43)33-46)14-11-13-38(27-29-52-47(50)35(4)7-2)28-30-53-48(51)36(5)34-49/h20,22-26,31-33,37-39,49H,4-19,21,27-30,34H2,1-3H3. The van der Waals surface area contributed by atoms with E-state index in [1.165, 1.54) is 103 Å². The first-order valence-electron chi connectivity index (χ1n) is 20.7. The molecular weight excluding hydrogens is 657 g/mol. The highest BCUT2D eigenvalue weighted by atomic mass is 16.5. The highest BCUT2D eigenvalue weighted by Crippen LogP contribution is 2.35. The van der Waals surface area contributed by atoms with Crippen LogP contribution in [0.2, 0.25) is 0 Å². The van der Waals surface area contributed by atoms with Crippen LogP contribution >= 0.6 is 0 Å². The lowest BCUT2D eigenvalue weighted by atomic mass is 9.77. The largest absolute Gasteiger partial charge is 0.462 e. The number of aliphatic hydroxyl groups excluding tert-OH is 1. The number of ether oxygens (including phenoxy) is 2. The summed E-state index contributed by atoms with van der Waals surface area (Å²) in [5.74, 6) is 1.17. The zero-order chi connectivity index (χ0) is 38.0. The predicted molar refractivity (Wildman–Crippen MR) is 220 cm³/mol. The summed E-state index contributed by atoms with van der Waals surface area (Å²) in [5.41, 5.74) is 7.40. The summed E-state index contributed by atoms with van der Waals surface area (Å²) in [6.45, 7) is 13.9. The zero-order valence-electron chi connectivity index (χ0n) is 33.1. The molecule has 0 spiro atoms. The predicted octanol–water partition coefficient (Wildman–Crippen LogP) is 11.7. The molecule has 0 radical (unpaired) electrons. The van der Waals surface area contributed by atoms with Crippen LogP contribution in [0.5, 0.6) is 0 Å². The quantitative estimate of drug-likeness (QED) is 0.0599. The number of fused-ring (bicyclic) bond motifs is 1. The Morgan fingerprint density at radius 2 is 1.32 bits per heavy atom. The third-order valence-electron chi connectivity index (χ3n) is 11.6. The molecule has 5 heteroatoms. The Kier molecular flexibility index (Phi) is 17.9. The van der Waals surface area contributed by atoms with Gasteiger partial charge < -0.3 is 14.6 Å². The van der Waals surface area contributed by atoms with Gasteiger partial charge in [0.15, 0.2) is 0 Å². The molecule has 4 rings (SSSR count). The molecule has 3 aromatic rings. The van der Waals surface area contributed by atoms with Crippen molar-refractivity contribution in [3.05, 3.63) is 95.6 Å². The number of esters is 2. The molecule has 0 aromatic heterocycles. The summed E-state index contributed by atoms with van der Waals surface area (Å²) in [6, 6.07) is 20.8. The van der Waals surface area contributed by atoms with Gasteiger partial charge in [0, 0.05) is 5.57 Å². The van der Waals surface area contributed by atoms with Crippen molar-refractivity contribution < 1.29 is 24.2 Å². The van der Waals surface area contributed by atoms with Gasteiger partial charge in [-0.1, -0.05) is 134 Å². The molecule has 0 bridgehead atoms. The minimum atomic E-state index is -0.574. The van der Waals surface area contributed by atoms with Gasteiger partial charge in [0.05, 0.1) is 25.4 Å². The molecule has 0 saturated heterocycles. The highest BCUT2D eigenvalue weighted by Gasteiger charge is 2.21. The lowest BCUT2D eigenvalue weighted by Gasteiger charge is -2.28. The number of hydrogen-bond acceptors (Lipinski definition) is 5. The van der Waals surface area contributed by atoms with E-state index in [9.17, 15) is 9.59 Å². The van der Waals surface area contributed by atoms with Gasteiger partial charge in [-0.05, 0) is 120 Å². The first-order chi connectivity index (χ1) is 25.7. The monoisotopic (exact) mass is 722 g/mol. The molecule has 0 aliphatic heterocycles. The maximum absolute atomic E-state index is 12.1. The van der Waals surface area contributed by atoms with Crippen LogP contribution < -0.4 is 0 Å². The summed E-state index contributed by atoms with van der Waals surface area (Å²) >= 11 is 0. The molecule has 53 heavy (non-hydrogen) atoms. The second-order valence-electron chi connectivity index (χ2n) is 15.5.